The molecule has 1 saturated carbocycles. The van der Waals surface area contributed by atoms with Crippen LogP contribution in [0.25, 0.3) is 0 Å². The summed E-state index contributed by atoms with van der Waals surface area (Å²) >= 11 is 3.40. The van der Waals surface area contributed by atoms with Gasteiger partial charge in [-0.15, -0.1) is 0 Å². The standard InChI is InChI=1S/C16H22BrNO2/c1-11-4-3-7-16(9-11,10-19)18-15(20)14-8-13(17)6-5-12(14)2/h5-6,8,11,19H,3-4,7,9-10H2,1-2H3,(H,18,20). The number of benzene rings is 1. The predicted octanol–water partition coefficient (Wildman–Crippen LogP) is 3.43. The third-order valence-electron chi connectivity index (χ3n) is 4.22. The number of hydrogen-bond acceptors (Lipinski definition) is 2. The third-order valence-corrected chi connectivity index (χ3v) is 4.71. The molecule has 1 fully saturated rings. The summed E-state index contributed by atoms with van der Waals surface area (Å²) in [7, 11) is 0. The minimum Gasteiger partial charge on any atom is -0.394 e. The Morgan fingerprint density at radius 3 is 2.95 bits per heavy atom. The molecule has 0 aromatic heterocycles. The van der Waals surface area contributed by atoms with Gasteiger partial charge >= 0.3 is 0 Å². The Morgan fingerprint density at radius 2 is 2.30 bits per heavy atom. The average molecular weight is 340 g/mol. The highest BCUT2D eigenvalue weighted by Gasteiger charge is 2.36. The highest BCUT2D eigenvalue weighted by atomic mass is 79.9. The van der Waals surface area contributed by atoms with Crippen LogP contribution in [-0.2, 0) is 0 Å². The number of nitrogens with one attached hydrogen (secondary N) is 1. The number of carbonyl (C=O) groups is 1. The van der Waals surface area contributed by atoms with E-state index in [1.165, 1.54) is 6.42 Å². The van der Waals surface area contributed by atoms with Gasteiger partial charge in [0.2, 0.25) is 0 Å². The summed E-state index contributed by atoms with van der Waals surface area (Å²) in [5, 5.41) is 12.8. The molecule has 0 spiro atoms. The van der Waals surface area contributed by atoms with E-state index in [0.29, 0.717) is 11.5 Å². The first kappa shape index (κ1) is 15.5. The number of aliphatic hydroxyl groups excluding tert-OH is 1. The number of hydrogen-bond donors (Lipinski definition) is 2. The van der Waals surface area contributed by atoms with E-state index >= 15 is 0 Å². The van der Waals surface area contributed by atoms with Crippen molar-refractivity contribution in [1.29, 1.82) is 0 Å². The zero-order valence-corrected chi connectivity index (χ0v) is 13.7. The normalized spacial score (nSPS) is 26.3. The van der Waals surface area contributed by atoms with Gasteiger partial charge in [0.05, 0.1) is 12.1 Å². The molecule has 0 saturated heterocycles. The lowest BCUT2D eigenvalue weighted by Crippen LogP contribution is -2.54. The summed E-state index contributed by atoms with van der Waals surface area (Å²) < 4.78 is 0.892. The van der Waals surface area contributed by atoms with Crippen molar-refractivity contribution >= 4 is 21.8 Å². The summed E-state index contributed by atoms with van der Waals surface area (Å²) in [4.78, 5) is 12.5. The van der Waals surface area contributed by atoms with Crippen molar-refractivity contribution in [1.82, 2.24) is 5.32 Å². The topological polar surface area (TPSA) is 49.3 Å². The molecular formula is C16H22BrNO2. The van der Waals surface area contributed by atoms with Crippen molar-refractivity contribution < 1.29 is 9.90 Å². The van der Waals surface area contributed by atoms with Gasteiger partial charge in [0.25, 0.3) is 5.91 Å². The predicted molar refractivity (Wildman–Crippen MR) is 83.8 cm³/mol. The Kier molecular flexibility index (Phi) is 4.86. The molecule has 1 aromatic rings. The second-order valence-electron chi connectivity index (χ2n) is 6.05. The highest BCUT2D eigenvalue weighted by molar-refractivity contribution is 9.10. The maximum absolute atomic E-state index is 12.5. The first-order chi connectivity index (χ1) is 9.46. The van der Waals surface area contributed by atoms with E-state index in [0.717, 1.165) is 29.3 Å². The monoisotopic (exact) mass is 339 g/mol. The Balaban J connectivity index is 2.19. The van der Waals surface area contributed by atoms with E-state index in [1.54, 1.807) is 0 Å². The van der Waals surface area contributed by atoms with Gasteiger partial charge in [-0.3, -0.25) is 4.79 Å². The number of aryl methyl sites for hydroxylation is 1. The van der Waals surface area contributed by atoms with Crippen LogP contribution in [0.5, 0.6) is 0 Å². The van der Waals surface area contributed by atoms with Gasteiger partial charge in [-0.25, -0.2) is 0 Å². The molecule has 20 heavy (non-hydrogen) atoms. The van der Waals surface area contributed by atoms with E-state index < -0.39 is 5.54 Å². The molecule has 0 heterocycles. The summed E-state index contributed by atoms with van der Waals surface area (Å²) in [6.07, 6.45) is 3.93. The average Bonchev–Trinajstić information content (AvgIpc) is 2.41. The zero-order chi connectivity index (χ0) is 14.8. The van der Waals surface area contributed by atoms with Crippen LogP contribution in [0.15, 0.2) is 22.7 Å². The summed E-state index contributed by atoms with van der Waals surface area (Å²) in [5.74, 6) is 0.451. The lowest BCUT2D eigenvalue weighted by atomic mass is 9.76. The highest BCUT2D eigenvalue weighted by Crippen LogP contribution is 2.32. The second kappa shape index (κ2) is 6.27. The van der Waals surface area contributed by atoms with E-state index in [4.69, 9.17) is 0 Å². The smallest absolute Gasteiger partial charge is 0.252 e. The van der Waals surface area contributed by atoms with Crippen LogP contribution >= 0.6 is 15.9 Å². The summed E-state index contributed by atoms with van der Waals surface area (Å²) in [6.45, 7) is 4.12. The Labute approximate surface area is 128 Å². The third kappa shape index (κ3) is 3.41. The quantitative estimate of drug-likeness (QED) is 0.886. The fourth-order valence-electron chi connectivity index (χ4n) is 3.10. The van der Waals surface area contributed by atoms with Crippen molar-refractivity contribution in [2.75, 3.05) is 6.61 Å². The molecule has 1 aliphatic rings. The van der Waals surface area contributed by atoms with E-state index in [9.17, 15) is 9.90 Å². The molecule has 3 nitrogen and oxygen atoms in total. The second-order valence-corrected chi connectivity index (χ2v) is 6.97. The molecule has 2 N–H and O–H groups in total. The van der Waals surface area contributed by atoms with E-state index in [1.807, 2.05) is 25.1 Å². The SMILES string of the molecule is Cc1ccc(Br)cc1C(=O)NC1(CO)CCCC(C)C1. The molecule has 0 aliphatic heterocycles. The Morgan fingerprint density at radius 1 is 1.55 bits per heavy atom. The molecule has 1 amide bonds. The molecule has 2 atom stereocenters. The van der Waals surface area contributed by atoms with E-state index in [2.05, 4.69) is 28.2 Å². The van der Waals surface area contributed by atoms with Gasteiger partial charge < -0.3 is 10.4 Å². The van der Waals surface area contributed by atoms with Gasteiger partial charge in [-0.2, -0.15) is 0 Å². The van der Waals surface area contributed by atoms with Crippen LogP contribution in [0, 0.1) is 12.8 Å². The van der Waals surface area contributed by atoms with Crippen LogP contribution in [0.3, 0.4) is 0 Å². The largest absolute Gasteiger partial charge is 0.394 e. The molecule has 0 bridgehead atoms. The van der Waals surface area contributed by atoms with Crippen LogP contribution in [0.2, 0.25) is 0 Å². The van der Waals surface area contributed by atoms with Crippen molar-refractivity contribution in [3.63, 3.8) is 0 Å². The number of halogens is 1. The number of amides is 1. The lowest BCUT2D eigenvalue weighted by Gasteiger charge is -2.39. The molecule has 110 valence electrons. The molecule has 1 aliphatic carbocycles. The molecule has 4 heteroatoms. The minimum absolute atomic E-state index is 0.0101. The van der Waals surface area contributed by atoms with Gasteiger partial charge in [-0.05, 0) is 43.4 Å². The molecular weight excluding hydrogens is 318 g/mol. The fraction of sp³-hybridized carbons (Fsp3) is 0.562. The first-order valence-corrected chi connectivity index (χ1v) is 7.94. The van der Waals surface area contributed by atoms with Crippen LogP contribution in [0.1, 0.15) is 48.5 Å². The minimum atomic E-state index is -0.455. The summed E-state index contributed by atoms with van der Waals surface area (Å²) in [6, 6.07) is 5.69. The molecule has 2 unspecified atom stereocenters. The molecule has 0 radical (unpaired) electrons. The Bertz CT molecular complexity index is 503. The Hall–Kier alpha value is -0.870. The van der Waals surface area contributed by atoms with Gasteiger partial charge in [0.15, 0.2) is 0 Å². The fourth-order valence-corrected chi connectivity index (χ4v) is 3.46. The van der Waals surface area contributed by atoms with Crippen molar-refractivity contribution in [2.45, 2.75) is 45.1 Å². The first-order valence-electron chi connectivity index (χ1n) is 7.15. The zero-order valence-electron chi connectivity index (χ0n) is 12.1. The number of carbonyl (C=O) groups excluding carboxylic acids is 1. The van der Waals surface area contributed by atoms with Crippen LogP contribution in [0.4, 0.5) is 0 Å². The van der Waals surface area contributed by atoms with Crippen LogP contribution in [-0.4, -0.2) is 23.2 Å². The van der Waals surface area contributed by atoms with Gasteiger partial charge in [0, 0.05) is 10.0 Å². The summed E-state index contributed by atoms with van der Waals surface area (Å²) in [5.41, 5.74) is 1.16. The van der Waals surface area contributed by atoms with Crippen molar-refractivity contribution in [2.24, 2.45) is 5.92 Å². The van der Waals surface area contributed by atoms with Crippen molar-refractivity contribution in [3.8, 4) is 0 Å². The van der Waals surface area contributed by atoms with Crippen LogP contribution < -0.4 is 5.32 Å². The van der Waals surface area contributed by atoms with E-state index in [-0.39, 0.29) is 12.5 Å². The maximum Gasteiger partial charge on any atom is 0.252 e. The van der Waals surface area contributed by atoms with Gasteiger partial charge in [-0.1, -0.05) is 41.8 Å². The molecule has 1 aromatic carbocycles. The maximum atomic E-state index is 12.5. The number of aliphatic hydroxyl groups is 1. The lowest BCUT2D eigenvalue weighted by molar-refractivity contribution is 0.0696. The number of rotatable bonds is 3. The molecule has 2 rings (SSSR count). The van der Waals surface area contributed by atoms with Crippen molar-refractivity contribution in [3.05, 3.63) is 33.8 Å². The van der Waals surface area contributed by atoms with Gasteiger partial charge in [0.1, 0.15) is 0 Å².